The molecule has 0 atom stereocenters. The van der Waals surface area contributed by atoms with Gasteiger partial charge in [0, 0.05) is 49.4 Å². The summed E-state index contributed by atoms with van der Waals surface area (Å²) in [7, 11) is 0. The summed E-state index contributed by atoms with van der Waals surface area (Å²) in [5.74, 6) is 0. The quantitative estimate of drug-likeness (QED) is 0.167. The molecule has 266 valence electrons. The molecule has 3 heterocycles. The summed E-state index contributed by atoms with van der Waals surface area (Å²) in [4.78, 5) is 0. The van der Waals surface area contributed by atoms with E-state index in [9.17, 15) is 17.8 Å². The highest BCUT2D eigenvalue weighted by Gasteiger charge is 2.18. The van der Waals surface area contributed by atoms with Gasteiger partial charge in [0.25, 0.3) is 0 Å². The third kappa shape index (κ3) is 4.86. The lowest BCUT2D eigenvalue weighted by Gasteiger charge is -2.12. The molecule has 0 N–H and O–H groups in total. The van der Waals surface area contributed by atoms with Gasteiger partial charge in [-0.05, 0) is 107 Å². The smallest absolute Gasteiger partial charge is 0.0652 e. The number of aromatic nitrogens is 3. The van der Waals surface area contributed by atoms with Crippen LogP contribution >= 0.6 is 0 Å². The van der Waals surface area contributed by atoms with E-state index in [1.54, 1.807) is 48.5 Å². The van der Waals surface area contributed by atoms with Crippen LogP contribution in [0.3, 0.4) is 0 Å². The molecule has 3 heteroatoms. The van der Waals surface area contributed by atoms with Crippen molar-refractivity contribution in [2.45, 2.75) is 0 Å². The fraction of sp³-hybridized carbons (Fsp3) is 0. The van der Waals surface area contributed by atoms with E-state index in [1.165, 1.54) is 9.13 Å². The zero-order chi connectivity index (χ0) is 55.7. The van der Waals surface area contributed by atoms with Crippen molar-refractivity contribution in [3.05, 3.63) is 212 Å². The van der Waals surface area contributed by atoms with Crippen LogP contribution in [0, 0.1) is 0 Å². The maximum Gasteiger partial charge on any atom is 0.0652 e. The van der Waals surface area contributed by atoms with Crippen LogP contribution in [-0.4, -0.2) is 13.7 Å². The summed E-state index contributed by atoms with van der Waals surface area (Å²) >= 11 is 0. The lowest BCUT2D eigenvalue weighted by Crippen LogP contribution is -1.96. The van der Waals surface area contributed by atoms with Gasteiger partial charge in [-0.1, -0.05) is 127 Å². The molecule has 0 aliphatic heterocycles. The first-order valence-electron chi connectivity index (χ1n) is 28.4. The molecule has 0 bridgehead atoms. The summed E-state index contributed by atoms with van der Waals surface area (Å²) in [5, 5.41) is -1.88. The highest BCUT2D eigenvalue weighted by atomic mass is 15.0. The number of benzene rings is 9. The molecule has 0 fully saturated rings. The first kappa shape index (κ1) is 17.5. The molecule has 0 saturated carbocycles. The summed E-state index contributed by atoms with van der Waals surface area (Å²) in [5.41, 5.74) is -1.41. The average Bonchev–Trinajstić information content (AvgIpc) is 4.34. The fourth-order valence-electron chi connectivity index (χ4n) is 7.67. The van der Waals surface area contributed by atoms with Crippen molar-refractivity contribution < 1.29 is 28.8 Å². The van der Waals surface area contributed by atoms with E-state index in [-0.39, 0.29) is 43.6 Å². The number of para-hydroxylation sites is 4. The van der Waals surface area contributed by atoms with Gasteiger partial charge < -0.3 is 13.7 Å². The molecular weight excluding hydrogens is 691 g/mol. The number of hydrogen-bond donors (Lipinski definition) is 0. The molecule has 0 spiro atoms. The van der Waals surface area contributed by atoms with E-state index in [0.717, 1.165) is 10.1 Å². The molecule has 3 nitrogen and oxygen atoms in total. The molecule has 9 aromatic carbocycles. The monoisotopic (exact) mass is 746 g/mol. The van der Waals surface area contributed by atoms with Gasteiger partial charge in [0.15, 0.2) is 0 Å². The predicted molar refractivity (Wildman–Crippen MR) is 240 cm³/mol. The van der Waals surface area contributed by atoms with Crippen molar-refractivity contribution in [1.82, 2.24) is 13.7 Å². The van der Waals surface area contributed by atoms with Gasteiger partial charge in [-0.25, -0.2) is 0 Å². The van der Waals surface area contributed by atoms with E-state index < -0.39 is 166 Å². The molecular formula is C54H35N3. The normalized spacial score (nSPS) is 17.0. The van der Waals surface area contributed by atoms with E-state index in [1.807, 2.05) is 36.4 Å². The minimum absolute atomic E-state index is 0.129. The first-order chi connectivity index (χ1) is 37.1. The van der Waals surface area contributed by atoms with Crippen LogP contribution in [0.1, 0.15) is 28.8 Å². The first-order valence-corrected chi connectivity index (χ1v) is 17.9. The molecule has 0 saturated heterocycles. The number of hydrogen-bond acceptors (Lipinski definition) is 0. The highest BCUT2D eigenvalue weighted by Crippen LogP contribution is 2.40. The molecule has 12 rings (SSSR count). The Hall–Kier alpha value is -7.62. The second-order valence-electron chi connectivity index (χ2n) is 13.3. The molecule has 0 aliphatic carbocycles. The Kier molecular flexibility index (Phi) is 3.81. The minimum atomic E-state index is -0.879. The Morgan fingerprint density at radius 2 is 0.702 bits per heavy atom. The lowest BCUT2D eigenvalue weighted by atomic mass is 10.0. The van der Waals surface area contributed by atoms with Crippen LogP contribution in [-0.2, 0) is 0 Å². The van der Waals surface area contributed by atoms with Gasteiger partial charge in [-0.3, -0.25) is 0 Å². The lowest BCUT2D eigenvalue weighted by molar-refractivity contribution is 1.17. The standard InChI is InChI=1S/C54H35N3/c1-3-14-36(15-4-1)37-16-13-19-41(32-37)56-51-25-12-9-22-45(51)48-35-42(28-31-54(48)56)57-50-24-11-8-21-44(50)47-34-39(27-30-53(47)57)38-26-29-52-46(33-38)43-20-7-10-23-49(43)55(52)40-17-5-2-6-18-40/h1-35H/i7D,8D,9D,10D,11D,12D,20D,21D,22D,23D,24D,25D,26D,27D,28D,29D,30D,31D,33D,34D,35D. The number of fused-ring (bicyclic) bond motifs is 9. The van der Waals surface area contributed by atoms with Gasteiger partial charge in [0.2, 0.25) is 0 Å². The maximum absolute atomic E-state index is 10.1. The Balaban J connectivity index is 1.24. The van der Waals surface area contributed by atoms with Gasteiger partial charge in [-0.2, -0.15) is 0 Å². The predicted octanol–water partition coefficient (Wildman–Crippen LogP) is 14.3. The largest absolute Gasteiger partial charge is 0.309 e. The van der Waals surface area contributed by atoms with Crippen molar-refractivity contribution in [2.75, 3.05) is 0 Å². The third-order valence-corrected chi connectivity index (χ3v) is 10.2. The highest BCUT2D eigenvalue weighted by molar-refractivity contribution is 6.14. The van der Waals surface area contributed by atoms with Gasteiger partial charge in [0.05, 0.1) is 61.9 Å². The van der Waals surface area contributed by atoms with Crippen LogP contribution < -0.4 is 0 Å². The van der Waals surface area contributed by atoms with Gasteiger partial charge in [0.1, 0.15) is 0 Å². The van der Waals surface area contributed by atoms with Gasteiger partial charge in [-0.15, -0.1) is 0 Å². The Labute approximate surface area is 359 Å². The molecule has 0 radical (unpaired) electrons. The van der Waals surface area contributed by atoms with Crippen molar-refractivity contribution in [3.63, 3.8) is 0 Å². The van der Waals surface area contributed by atoms with Crippen molar-refractivity contribution in [3.8, 4) is 39.3 Å². The van der Waals surface area contributed by atoms with Gasteiger partial charge >= 0.3 is 0 Å². The molecule has 0 amide bonds. The van der Waals surface area contributed by atoms with Crippen molar-refractivity contribution in [2.24, 2.45) is 0 Å². The van der Waals surface area contributed by atoms with Crippen molar-refractivity contribution >= 4 is 65.4 Å². The third-order valence-electron chi connectivity index (χ3n) is 10.2. The van der Waals surface area contributed by atoms with Crippen LogP contribution in [0.2, 0.25) is 0 Å². The fourth-order valence-corrected chi connectivity index (χ4v) is 7.67. The second-order valence-corrected chi connectivity index (χ2v) is 13.3. The topological polar surface area (TPSA) is 14.8 Å². The Bertz CT molecular complexity index is 4740. The van der Waals surface area contributed by atoms with Crippen LogP contribution in [0.4, 0.5) is 0 Å². The summed E-state index contributed by atoms with van der Waals surface area (Å²) in [6.07, 6.45) is 0. The molecule has 12 aromatic rings. The zero-order valence-corrected chi connectivity index (χ0v) is 29.4. The molecule has 0 aliphatic rings. The van der Waals surface area contributed by atoms with E-state index in [2.05, 4.69) is 0 Å². The van der Waals surface area contributed by atoms with Crippen LogP contribution in [0.15, 0.2) is 212 Å². The molecule has 3 aromatic heterocycles. The summed E-state index contributed by atoms with van der Waals surface area (Å²) in [6.45, 7) is 0. The SMILES string of the molecule is [2H]c1c([2H])c([2H])c2c(c1[2H])c1c([2H])c(-c3c([2H])c([2H])c4c(c3[2H])c3c([2H])c([2H])c([2H])c([2H])c3n4-c3c([2H])c([2H])c4c(c3[2H])c3c([2H])c([2H])c([2H])c([2H])c3n4-c3cccc(-c4ccccc4)c3)c([2H])c([2H])c1n2-c1ccccc1. The zero-order valence-electron chi connectivity index (χ0n) is 50.4. The molecule has 57 heavy (non-hydrogen) atoms. The number of rotatable bonds is 5. The molecule has 0 unspecified atom stereocenters. The van der Waals surface area contributed by atoms with E-state index >= 15 is 0 Å². The second kappa shape index (κ2) is 12.5. The van der Waals surface area contributed by atoms with Crippen LogP contribution in [0.5, 0.6) is 0 Å². The van der Waals surface area contributed by atoms with Crippen molar-refractivity contribution in [1.29, 1.82) is 0 Å². The summed E-state index contributed by atoms with van der Waals surface area (Å²) in [6, 6.07) is 9.63. The van der Waals surface area contributed by atoms with E-state index in [4.69, 9.17) is 11.0 Å². The Morgan fingerprint density at radius 3 is 1.28 bits per heavy atom. The number of nitrogens with zero attached hydrogens (tertiary/aromatic N) is 3. The average molecular weight is 747 g/mol. The maximum atomic E-state index is 10.1. The van der Waals surface area contributed by atoms with E-state index in [0.29, 0.717) is 16.9 Å². The summed E-state index contributed by atoms with van der Waals surface area (Å²) < 4.78 is 199. The minimum Gasteiger partial charge on any atom is -0.309 e. The Morgan fingerprint density at radius 1 is 0.281 bits per heavy atom. The van der Waals surface area contributed by atoms with Crippen LogP contribution in [0.25, 0.3) is 105 Å².